The number of fused-ring (bicyclic) bond motifs is 1. The van der Waals surface area contributed by atoms with Gasteiger partial charge in [-0.05, 0) is 49.8 Å². The number of nitrogens with one attached hydrogen (secondary N) is 1. The minimum Gasteiger partial charge on any atom is -0.454 e. The van der Waals surface area contributed by atoms with Crippen LogP contribution in [0.3, 0.4) is 0 Å². The summed E-state index contributed by atoms with van der Waals surface area (Å²) in [5.74, 6) is 3.37. The lowest BCUT2D eigenvalue weighted by Gasteiger charge is -2.39. The van der Waals surface area contributed by atoms with Crippen molar-refractivity contribution in [2.45, 2.75) is 44.6 Å². The number of guanidine groups is 1. The predicted octanol–water partition coefficient (Wildman–Crippen LogP) is 3.19. The molecule has 2 aliphatic heterocycles. The molecule has 7 heteroatoms. The fourth-order valence-corrected chi connectivity index (χ4v) is 4.66. The number of imidazole rings is 1. The Morgan fingerprint density at radius 2 is 2.17 bits per heavy atom. The summed E-state index contributed by atoms with van der Waals surface area (Å²) in [5.41, 5.74) is 1.45. The first-order chi connectivity index (χ1) is 14.7. The van der Waals surface area contributed by atoms with E-state index in [0.29, 0.717) is 18.8 Å². The molecule has 160 valence electrons. The Balaban J connectivity index is 1.33. The molecule has 1 aromatic carbocycles. The lowest BCUT2D eigenvalue weighted by atomic mass is 9.93. The van der Waals surface area contributed by atoms with Crippen LogP contribution in [0.5, 0.6) is 11.5 Å². The monoisotopic (exact) mass is 409 g/mol. The SMILES string of the molecule is CCNC(=NCC1(c2ccc3c(c2)OCO3)CC1)N1CCC(C)C(n2ccnc2)C1. The first kappa shape index (κ1) is 19.3. The molecule has 1 saturated heterocycles. The van der Waals surface area contributed by atoms with Gasteiger partial charge in [-0.2, -0.15) is 0 Å². The number of benzene rings is 1. The van der Waals surface area contributed by atoms with Gasteiger partial charge in [-0.25, -0.2) is 4.98 Å². The molecule has 3 heterocycles. The lowest BCUT2D eigenvalue weighted by Crippen LogP contribution is -2.49. The third-order valence-corrected chi connectivity index (χ3v) is 6.83. The largest absolute Gasteiger partial charge is 0.454 e. The lowest BCUT2D eigenvalue weighted by molar-refractivity contribution is 0.174. The number of rotatable bonds is 5. The van der Waals surface area contributed by atoms with Crippen LogP contribution in [0.15, 0.2) is 41.9 Å². The van der Waals surface area contributed by atoms with Crippen molar-refractivity contribution in [3.05, 3.63) is 42.5 Å². The average Bonchev–Trinajstić information content (AvgIpc) is 3.16. The second-order valence-electron chi connectivity index (χ2n) is 8.81. The Kier molecular flexibility index (Phi) is 5.05. The number of ether oxygens (including phenoxy) is 2. The summed E-state index contributed by atoms with van der Waals surface area (Å²) in [7, 11) is 0. The van der Waals surface area contributed by atoms with Crippen LogP contribution in [-0.4, -0.2) is 53.4 Å². The van der Waals surface area contributed by atoms with E-state index in [2.05, 4.69) is 51.9 Å². The molecule has 30 heavy (non-hydrogen) atoms. The Labute approximate surface area is 178 Å². The topological polar surface area (TPSA) is 63.9 Å². The zero-order valence-corrected chi connectivity index (χ0v) is 17.9. The molecule has 0 amide bonds. The number of nitrogens with zero attached hydrogens (tertiary/aromatic N) is 4. The van der Waals surface area contributed by atoms with Crippen LogP contribution in [0.4, 0.5) is 0 Å². The minimum atomic E-state index is 0.133. The van der Waals surface area contributed by atoms with Gasteiger partial charge < -0.3 is 24.3 Å². The van der Waals surface area contributed by atoms with E-state index in [0.717, 1.165) is 50.1 Å². The van der Waals surface area contributed by atoms with Crippen LogP contribution in [0, 0.1) is 5.92 Å². The van der Waals surface area contributed by atoms with E-state index < -0.39 is 0 Å². The number of hydrogen-bond donors (Lipinski definition) is 1. The number of aromatic nitrogens is 2. The molecule has 7 nitrogen and oxygen atoms in total. The minimum absolute atomic E-state index is 0.133. The summed E-state index contributed by atoms with van der Waals surface area (Å²) in [6, 6.07) is 6.79. The van der Waals surface area contributed by atoms with Crippen molar-refractivity contribution in [3.8, 4) is 11.5 Å². The van der Waals surface area contributed by atoms with E-state index in [1.165, 1.54) is 18.4 Å². The molecule has 3 aliphatic rings. The van der Waals surface area contributed by atoms with Gasteiger partial charge in [0.25, 0.3) is 0 Å². The van der Waals surface area contributed by atoms with Crippen LogP contribution in [0.1, 0.15) is 44.7 Å². The van der Waals surface area contributed by atoms with Gasteiger partial charge in [0, 0.05) is 37.4 Å². The van der Waals surface area contributed by atoms with Crippen LogP contribution in [-0.2, 0) is 5.41 Å². The molecule has 2 atom stereocenters. The van der Waals surface area contributed by atoms with Crippen molar-refractivity contribution in [2.75, 3.05) is 33.0 Å². The van der Waals surface area contributed by atoms with E-state index in [9.17, 15) is 0 Å². The maximum absolute atomic E-state index is 5.59. The molecule has 2 fully saturated rings. The van der Waals surface area contributed by atoms with Gasteiger partial charge in [-0.3, -0.25) is 4.99 Å². The molecule has 5 rings (SSSR count). The van der Waals surface area contributed by atoms with E-state index in [4.69, 9.17) is 14.5 Å². The van der Waals surface area contributed by atoms with Gasteiger partial charge in [0.15, 0.2) is 17.5 Å². The van der Waals surface area contributed by atoms with Crippen molar-refractivity contribution in [1.82, 2.24) is 19.8 Å². The highest BCUT2D eigenvalue weighted by atomic mass is 16.7. The number of hydrogen-bond acceptors (Lipinski definition) is 4. The normalized spacial score (nSPS) is 24.7. The van der Waals surface area contributed by atoms with Gasteiger partial charge in [-0.1, -0.05) is 13.0 Å². The quantitative estimate of drug-likeness (QED) is 0.607. The van der Waals surface area contributed by atoms with Crippen molar-refractivity contribution in [2.24, 2.45) is 10.9 Å². The van der Waals surface area contributed by atoms with Gasteiger partial charge >= 0.3 is 0 Å². The summed E-state index contributed by atoms with van der Waals surface area (Å²) in [6.45, 7) is 8.47. The smallest absolute Gasteiger partial charge is 0.231 e. The Morgan fingerprint density at radius 1 is 1.30 bits per heavy atom. The zero-order chi connectivity index (χ0) is 20.6. The van der Waals surface area contributed by atoms with E-state index in [1.54, 1.807) is 0 Å². The molecular weight excluding hydrogens is 378 g/mol. The maximum Gasteiger partial charge on any atom is 0.231 e. The zero-order valence-electron chi connectivity index (χ0n) is 17.9. The summed E-state index contributed by atoms with van der Waals surface area (Å²) in [6.07, 6.45) is 9.38. The third-order valence-electron chi connectivity index (χ3n) is 6.83. The van der Waals surface area contributed by atoms with Crippen molar-refractivity contribution in [1.29, 1.82) is 0 Å². The van der Waals surface area contributed by atoms with Crippen LogP contribution in [0.2, 0.25) is 0 Å². The molecule has 0 bridgehead atoms. The van der Waals surface area contributed by atoms with Crippen LogP contribution in [0.25, 0.3) is 0 Å². The van der Waals surface area contributed by atoms with Gasteiger partial charge in [0.05, 0.1) is 18.9 Å². The second-order valence-corrected chi connectivity index (χ2v) is 8.81. The molecule has 1 aromatic heterocycles. The average molecular weight is 410 g/mol. The fourth-order valence-electron chi connectivity index (χ4n) is 4.66. The summed E-state index contributed by atoms with van der Waals surface area (Å²) >= 11 is 0. The first-order valence-corrected chi connectivity index (χ1v) is 11.1. The van der Waals surface area contributed by atoms with E-state index in [1.807, 2.05) is 18.6 Å². The highest BCUT2D eigenvalue weighted by Gasteiger charge is 2.45. The van der Waals surface area contributed by atoms with E-state index >= 15 is 0 Å². The second kappa shape index (κ2) is 7.85. The Morgan fingerprint density at radius 3 is 2.93 bits per heavy atom. The van der Waals surface area contributed by atoms with Crippen LogP contribution < -0.4 is 14.8 Å². The molecular formula is C23H31N5O2. The van der Waals surface area contributed by atoms with E-state index in [-0.39, 0.29) is 5.41 Å². The third kappa shape index (κ3) is 3.61. The first-order valence-electron chi connectivity index (χ1n) is 11.1. The van der Waals surface area contributed by atoms with Gasteiger partial charge in [-0.15, -0.1) is 0 Å². The molecule has 1 saturated carbocycles. The number of piperidine rings is 1. The number of aliphatic imine (C=N–C) groups is 1. The van der Waals surface area contributed by atoms with Crippen molar-refractivity contribution in [3.63, 3.8) is 0 Å². The van der Waals surface area contributed by atoms with Gasteiger partial charge in [0.2, 0.25) is 6.79 Å². The summed E-state index contributed by atoms with van der Waals surface area (Å²) < 4.78 is 13.3. The molecule has 1 N–H and O–H groups in total. The Bertz CT molecular complexity index is 906. The van der Waals surface area contributed by atoms with Gasteiger partial charge in [0.1, 0.15) is 0 Å². The molecule has 0 radical (unpaired) electrons. The highest BCUT2D eigenvalue weighted by molar-refractivity contribution is 5.80. The van der Waals surface area contributed by atoms with Crippen LogP contribution >= 0.6 is 0 Å². The van der Waals surface area contributed by atoms with Crippen molar-refractivity contribution >= 4 is 5.96 Å². The summed E-state index contributed by atoms with van der Waals surface area (Å²) in [4.78, 5) is 11.8. The maximum atomic E-state index is 5.59. The standard InChI is InChI=1S/C23H31N5O2/c1-3-25-22(27-10-6-17(2)19(13-27)28-11-9-24-15-28)26-14-23(7-8-23)18-4-5-20-21(12-18)30-16-29-20/h4-5,9,11-12,15,17,19H,3,6-8,10,13-14,16H2,1-2H3,(H,25,26). The fraction of sp³-hybridized carbons (Fsp3) is 0.565. The number of likely N-dealkylation sites (tertiary alicyclic amines) is 1. The molecule has 1 aliphatic carbocycles. The molecule has 2 aromatic rings. The highest BCUT2D eigenvalue weighted by Crippen LogP contribution is 2.50. The summed E-state index contributed by atoms with van der Waals surface area (Å²) in [5, 5.41) is 3.53. The van der Waals surface area contributed by atoms with Crippen molar-refractivity contribution < 1.29 is 9.47 Å². The predicted molar refractivity (Wildman–Crippen MR) is 116 cm³/mol. The Hall–Kier alpha value is -2.70. The molecule has 2 unspecified atom stereocenters. The molecule has 0 spiro atoms.